The van der Waals surface area contributed by atoms with Gasteiger partial charge in [0.25, 0.3) is 5.91 Å². The largest absolute Gasteiger partial charge is 0.490 e. The average Bonchev–Trinajstić information content (AvgIpc) is 3.08. The molecular weight excluding hydrogens is 338 g/mol. The molecule has 0 saturated carbocycles. The third kappa shape index (κ3) is 4.12. The van der Waals surface area contributed by atoms with Crippen LogP contribution in [-0.4, -0.2) is 30.2 Å². The summed E-state index contributed by atoms with van der Waals surface area (Å²) in [5, 5.41) is 11.6. The fraction of sp³-hybridized carbons (Fsp3) is 0.263. The maximum Gasteiger partial charge on any atom is 0.341 e. The average molecular weight is 357 g/mol. The Morgan fingerprint density at radius 3 is 2.65 bits per heavy atom. The van der Waals surface area contributed by atoms with Crippen LogP contribution in [0.5, 0.6) is 11.5 Å². The zero-order chi connectivity index (χ0) is 18.5. The second-order valence-corrected chi connectivity index (χ2v) is 5.71. The second-order valence-electron chi connectivity index (χ2n) is 5.71. The van der Waals surface area contributed by atoms with Crippen LogP contribution in [0.25, 0.3) is 0 Å². The van der Waals surface area contributed by atoms with E-state index >= 15 is 0 Å². The predicted molar refractivity (Wildman–Crippen MR) is 93.6 cm³/mol. The number of carboxylic acid groups (broad SMARTS) is 1. The Kier molecular flexibility index (Phi) is 5.38. The molecule has 2 N–H and O–H groups in total. The molecule has 7 heteroatoms. The predicted octanol–water partition coefficient (Wildman–Crippen LogP) is 2.83. The van der Waals surface area contributed by atoms with Gasteiger partial charge in [-0.05, 0) is 48.4 Å². The van der Waals surface area contributed by atoms with Crippen molar-refractivity contribution in [3.05, 3.63) is 53.1 Å². The van der Waals surface area contributed by atoms with Crippen molar-refractivity contribution >= 4 is 17.6 Å². The fourth-order valence-electron chi connectivity index (χ4n) is 2.63. The molecule has 0 atom stereocenters. The molecule has 26 heavy (non-hydrogen) atoms. The molecule has 136 valence electrons. The molecule has 1 heterocycles. The van der Waals surface area contributed by atoms with Gasteiger partial charge in [0.05, 0.1) is 19.8 Å². The zero-order valence-electron chi connectivity index (χ0n) is 14.3. The minimum Gasteiger partial charge on any atom is -0.490 e. The number of ether oxygens (including phenoxy) is 3. The Bertz CT molecular complexity index is 833. The van der Waals surface area contributed by atoms with E-state index in [2.05, 4.69) is 5.32 Å². The van der Waals surface area contributed by atoms with E-state index in [-0.39, 0.29) is 11.7 Å². The number of carboxylic acids is 1. The number of nitrogens with one attached hydrogen (secondary N) is 1. The summed E-state index contributed by atoms with van der Waals surface area (Å²) in [5.74, 6) is -0.784. The molecule has 1 aliphatic heterocycles. The van der Waals surface area contributed by atoms with Crippen molar-refractivity contribution in [1.29, 1.82) is 0 Å². The molecule has 3 rings (SSSR count). The quantitative estimate of drug-likeness (QED) is 0.791. The first-order valence-electron chi connectivity index (χ1n) is 8.19. The van der Waals surface area contributed by atoms with E-state index < -0.39 is 12.6 Å². The highest BCUT2D eigenvalue weighted by atomic mass is 16.5. The van der Waals surface area contributed by atoms with Gasteiger partial charge in [0, 0.05) is 11.3 Å². The van der Waals surface area contributed by atoms with Crippen molar-refractivity contribution in [1.82, 2.24) is 0 Å². The van der Waals surface area contributed by atoms with E-state index in [0.29, 0.717) is 36.8 Å². The molecule has 2 aromatic rings. The van der Waals surface area contributed by atoms with Gasteiger partial charge in [-0.3, -0.25) is 4.79 Å². The molecule has 0 saturated heterocycles. The zero-order valence-corrected chi connectivity index (χ0v) is 14.3. The highest BCUT2D eigenvalue weighted by Crippen LogP contribution is 2.29. The summed E-state index contributed by atoms with van der Waals surface area (Å²) in [6, 6.07) is 10.3. The molecule has 0 aliphatic carbocycles. The Morgan fingerprint density at radius 1 is 1.08 bits per heavy atom. The van der Waals surface area contributed by atoms with E-state index in [1.54, 1.807) is 13.0 Å². The number of amides is 1. The van der Waals surface area contributed by atoms with Gasteiger partial charge < -0.3 is 24.6 Å². The van der Waals surface area contributed by atoms with Gasteiger partial charge in [-0.15, -0.1) is 0 Å². The Labute approximate surface area is 150 Å². The summed E-state index contributed by atoms with van der Waals surface area (Å²) in [6.07, 6.45) is 0. The number of rotatable bonds is 7. The van der Waals surface area contributed by atoms with Gasteiger partial charge >= 0.3 is 5.97 Å². The minimum absolute atomic E-state index is 0.278. The lowest BCUT2D eigenvalue weighted by Crippen LogP contribution is -2.13. The highest BCUT2D eigenvalue weighted by molar-refractivity contribution is 6.04. The van der Waals surface area contributed by atoms with Crippen LogP contribution < -0.4 is 14.8 Å². The van der Waals surface area contributed by atoms with Crippen LogP contribution in [0.2, 0.25) is 0 Å². The molecule has 1 aliphatic rings. The Balaban J connectivity index is 1.76. The number of carbonyl (C=O) groups is 2. The first kappa shape index (κ1) is 17.8. The van der Waals surface area contributed by atoms with Crippen molar-refractivity contribution in [2.24, 2.45) is 0 Å². The number of aliphatic carboxylic acids is 1. The van der Waals surface area contributed by atoms with E-state index in [0.717, 1.165) is 11.1 Å². The standard InChI is InChI=1S/C19H19NO6/c1-2-25-17-8-12(4-6-16(17)26-11-18(21)22)19(23)20-15-5-3-13-9-24-10-14(13)7-15/h3-8H,2,9-11H2,1H3,(H,20,23)(H,21,22). The van der Waals surface area contributed by atoms with Crippen LogP contribution in [0.15, 0.2) is 36.4 Å². The van der Waals surface area contributed by atoms with Gasteiger partial charge in [-0.2, -0.15) is 0 Å². The SMILES string of the molecule is CCOc1cc(C(=O)Nc2ccc3c(c2)COC3)ccc1OCC(=O)O. The van der Waals surface area contributed by atoms with Gasteiger partial charge in [0.2, 0.25) is 0 Å². The van der Waals surface area contributed by atoms with E-state index in [1.807, 2.05) is 18.2 Å². The minimum atomic E-state index is -1.09. The van der Waals surface area contributed by atoms with Gasteiger partial charge in [0.15, 0.2) is 18.1 Å². The molecular formula is C19H19NO6. The summed E-state index contributed by atoms with van der Waals surface area (Å²) < 4.78 is 16.0. The number of anilines is 1. The molecule has 0 radical (unpaired) electrons. The monoisotopic (exact) mass is 357 g/mol. The topological polar surface area (TPSA) is 94.1 Å². The number of hydrogen-bond donors (Lipinski definition) is 2. The van der Waals surface area contributed by atoms with Gasteiger partial charge in [0.1, 0.15) is 0 Å². The Morgan fingerprint density at radius 2 is 1.88 bits per heavy atom. The lowest BCUT2D eigenvalue weighted by atomic mass is 10.1. The fourth-order valence-corrected chi connectivity index (χ4v) is 2.63. The lowest BCUT2D eigenvalue weighted by Gasteiger charge is -2.13. The van der Waals surface area contributed by atoms with Crippen LogP contribution in [0.4, 0.5) is 5.69 Å². The first-order valence-corrected chi connectivity index (χ1v) is 8.19. The van der Waals surface area contributed by atoms with Gasteiger partial charge in [-0.25, -0.2) is 4.79 Å². The summed E-state index contributed by atoms with van der Waals surface area (Å²) in [4.78, 5) is 23.2. The number of hydrogen-bond acceptors (Lipinski definition) is 5. The normalized spacial score (nSPS) is 12.3. The van der Waals surface area contributed by atoms with Crippen LogP contribution in [0.1, 0.15) is 28.4 Å². The van der Waals surface area contributed by atoms with E-state index in [4.69, 9.17) is 19.3 Å². The Hall–Kier alpha value is -3.06. The van der Waals surface area contributed by atoms with E-state index in [1.165, 1.54) is 12.1 Å². The maximum atomic E-state index is 12.5. The van der Waals surface area contributed by atoms with Crippen molar-refractivity contribution < 1.29 is 28.9 Å². The highest BCUT2D eigenvalue weighted by Gasteiger charge is 2.15. The number of benzene rings is 2. The number of fused-ring (bicyclic) bond motifs is 1. The van der Waals surface area contributed by atoms with Gasteiger partial charge in [-0.1, -0.05) is 6.07 Å². The lowest BCUT2D eigenvalue weighted by molar-refractivity contribution is -0.139. The molecule has 0 fully saturated rings. The van der Waals surface area contributed by atoms with Crippen molar-refractivity contribution in [2.75, 3.05) is 18.5 Å². The third-order valence-corrected chi connectivity index (χ3v) is 3.84. The molecule has 2 aromatic carbocycles. The van der Waals surface area contributed by atoms with E-state index in [9.17, 15) is 9.59 Å². The summed E-state index contributed by atoms with van der Waals surface area (Å²) >= 11 is 0. The van der Waals surface area contributed by atoms with Crippen LogP contribution in [0, 0.1) is 0 Å². The van der Waals surface area contributed by atoms with Crippen LogP contribution >= 0.6 is 0 Å². The van der Waals surface area contributed by atoms with Crippen LogP contribution in [-0.2, 0) is 22.7 Å². The third-order valence-electron chi connectivity index (χ3n) is 3.84. The molecule has 0 spiro atoms. The molecule has 0 bridgehead atoms. The maximum absolute atomic E-state index is 12.5. The van der Waals surface area contributed by atoms with Crippen molar-refractivity contribution in [3.8, 4) is 11.5 Å². The molecule has 7 nitrogen and oxygen atoms in total. The summed E-state index contributed by atoms with van der Waals surface area (Å²) in [7, 11) is 0. The summed E-state index contributed by atoms with van der Waals surface area (Å²) in [6.45, 7) is 2.81. The van der Waals surface area contributed by atoms with Crippen molar-refractivity contribution in [2.45, 2.75) is 20.1 Å². The molecule has 0 aromatic heterocycles. The van der Waals surface area contributed by atoms with Crippen LogP contribution in [0.3, 0.4) is 0 Å². The summed E-state index contributed by atoms with van der Waals surface area (Å²) in [5.41, 5.74) is 3.26. The first-order chi connectivity index (χ1) is 12.6. The second kappa shape index (κ2) is 7.88. The van der Waals surface area contributed by atoms with Crippen molar-refractivity contribution in [3.63, 3.8) is 0 Å². The smallest absolute Gasteiger partial charge is 0.341 e. The molecule has 0 unspecified atom stereocenters. The molecule has 1 amide bonds. The number of carbonyl (C=O) groups excluding carboxylic acids is 1.